The SMILES string of the molecule is CC1(C)N=C(N)N=C(N)N1OCSc1ccc(Cl)cc1. The van der Waals surface area contributed by atoms with Crippen LogP contribution in [0.25, 0.3) is 0 Å². The van der Waals surface area contributed by atoms with Crippen LogP contribution in [0.4, 0.5) is 0 Å². The normalized spacial score (nSPS) is 17.6. The summed E-state index contributed by atoms with van der Waals surface area (Å²) in [6, 6.07) is 7.50. The summed E-state index contributed by atoms with van der Waals surface area (Å²) in [6.07, 6.45) is 0. The van der Waals surface area contributed by atoms with Crippen molar-refractivity contribution in [2.24, 2.45) is 21.5 Å². The average Bonchev–Trinajstić information content (AvgIpc) is 2.34. The molecule has 0 radical (unpaired) electrons. The summed E-state index contributed by atoms with van der Waals surface area (Å²) in [5, 5.41) is 2.15. The molecule has 6 nitrogen and oxygen atoms in total. The van der Waals surface area contributed by atoms with Crippen LogP contribution in [0, 0.1) is 0 Å². The molecule has 1 aromatic carbocycles. The number of rotatable bonds is 4. The number of nitrogens with two attached hydrogens (primary N) is 2. The second-order valence-corrected chi connectivity index (χ2v) is 6.01. The molecule has 0 aromatic heterocycles. The zero-order valence-corrected chi connectivity index (χ0v) is 12.8. The lowest BCUT2D eigenvalue weighted by molar-refractivity contribution is -0.137. The Hall–Kier alpha value is -1.44. The van der Waals surface area contributed by atoms with Crippen LogP contribution in [-0.4, -0.2) is 28.6 Å². The minimum atomic E-state index is -0.684. The molecule has 0 bridgehead atoms. The van der Waals surface area contributed by atoms with Crippen molar-refractivity contribution in [1.82, 2.24) is 5.06 Å². The van der Waals surface area contributed by atoms with Gasteiger partial charge >= 0.3 is 0 Å². The van der Waals surface area contributed by atoms with Crippen LogP contribution in [0.1, 0.15) is 13.8 Å². The summed E-state index contributed by atoms with van der Waals surface area (Å²) < 4.78 is 0. The number of benzene rings is 1. The van der Waals surface area contributed by atoms with Crippen molar-refractivity contribution in [3.05, 3.63) is 29.3 Å². The molecule has 1 aromatic rings. The number of nitrogens with zero attached hydrogens (tertiary/aromatic N) is 3. The van der Waals surface area contributed by atoms with E-state index in [1.54, 1.807) is 0 Å². The van der Waals surface area contributed by atoms with Gasteiger partial charge in [0.05, 0.1) is 0 Å². The summed E-state index contributed by atoms with van der Waals surface area (Å²) in [6.45, 7) is 3.68. The Labute approximate surface area is 126 Å². The second kappa shape index (κ2) is 5.90. The first-order valence-electron chi connectivity index (χ1n) is 5.89. The minimum absolute atomic E-state index is 0.151. The smallest absolute Gasteiger partial charge is 0.226 e. The van der Waals surface area contributed by atoms with Gasteiger partial charge in [-0.3, -0.25) is 4.84 Å². The number of hydrogen-bond acceptors (Lipinski definition) is 7. The van der Waals surface area contributed by atoms with Gasteiger partial charge in [0.1, 0.15) is 5.94 Å². The predicted octanol–water partition coefficient (Wildman–Crippen LogP) is 2.00. The van der Waals surface area contributed by atoms with Crippen molar-refractivity contribution in [2.75, 3.05) is 5.94 Å². The topological polar surface area (TPSA) is 89.2 Å². The maximum atomic E-state index is 5.83. The number of halogens is 1. The van der Waals surface area contributed by atoms with Gasteiger partial charge in [0.25, 0.3) is 0 Å². The summed E-state index contributed by atoms with van der Waals surface area (Å²) in [4.78, 5) is 14.8. The third-order valence-electron chi connectivity index (χ3n) is 2.54. The minimum Gasteiger partial charge on any atom is -0.368 e. The fourth-order valence-corrected chi connectivity index (χ4v) is 2.44. The quantitative estimate of drug-likeness (QED) is 0.655. The second-order valence-electron chi connectivity index (χ2n) is 4.57. The van der Waals surface area contributed by atoms with E-state index in [1.165, 1.54) is 16.8 Å². The Morgan fingerprint density at radius 3 is 2.55 bits per heavy atom. The van der Waals surface area contributed by atoms with Gasteiger partial charge in [-0.15, -0.1) is 0 Å². The maximum absolute atomic E-state index is 5.83. The van der Waals surface area contributed by atoms with Crippen molar-refractivity contribution in [2.45, 2.75) is 24.4 Å². The Morgan fingerprint density at radius 2 is 1.95 bits per heavy atom. The van der Waals surface area contributed by atoms with Gasteiger partial charge in [-0.1, -0.05) is 23.4 Å². The van der Waals surface area contributed by atoms with E-state index in [4.69, 9.17) is 27.9 Å². The molecular weight excluding hydrogens is 298 g/mol. The molecule has 0 spiro atoms. The summed E-state index contributed by atoms with van der Waals surface area (Å²) in [7, 11) is 0. The van der Waals surface area contributed by atoms with Crippen LogP contribution in [0.2, 0.25) is 5.02 Å². The summed E-state index contributed by atoms with van der Waals surface area (Å²) in [5.74, 6) is 0.716. The molecular formula is C12H16ClN5OS. The maximum Gasteiger partial charge on any atom is 0.226 e. The molecule has 108 valence electrons. The van der Waals surface area contributed by atoms with Crippen LogP contribution in [0.5, 0.6) is 0 Å². The van der Waals surface area contributed by atoms with Crippen molar-refractivity contribution in [3.8, 4) is 0 Å². The molecule has 0 amide bonds. The monoisotopic (exact) mass is 313 g/mol. The van der Waals surface area contributed by atoms with Gasteiger partial charge in [0, 0.05) is 9.92 Å². The molecule has 0 atom stereocenters. The van der Waals surface area contributed by atoms with Gasteiger partial charge in [-0.25, -0.2) is 4.99 Å². The molecule has 1 aliphatic rings. The van der Waals surface area contributed by atoms with Crippen LogP contribution in [0.15, 0.2) is 39.1 Å². The number of thioether (sulfide) groups is 1. The highest BCUT2D eigenvalue weighted by molar-refractivity contribution is 7.99. The molecule has 0 fully saturated rings. The highest BCUT2D eigenvalue weighted by Gasteiger charge is 2.33. The first kappa shape index (κ1) is 15.0. The molecule has 2 rings (SSSR count). The Kier molecular flexibility index (Phi) is 4.42. The summed E-state index contributed by atoms with van der Waals surface area (Å²) >= 11 is 7.34. The zero-order valence-electron chi connectivity index (χ0n) is 11.2. The number of hydroxylamine groups is 2. The van der Waals surface area contributed by atoms with Crippen molar-refractivity contribution in [3.63, 3.8) is 0 Å². The van der Waals surface area contributed by atoms with E-state index >= 15 is 0 Å². The predicted molar refractivity (Wildman–Crippen MR) is 82.4 cm³/mol. The highest BCUT2D eigenvalue weighted by Crippen LogP contribution is 2.24. The molecule has 0 saturated carbocycles. The first-order valence-corrected chi connectivity index (χ1v) is 7.26. The van der Waals surface area contributed by atoms with E-state index in [9.17, 15) is 0 Å². The molecule has 20 heavy (non-hydrogen) atoms. The van der Waals surface area contributed by atoms with E-state index in [0.717, 1.165) is 4.90 Å². The van der Waals surface area contributed by atoms with E-state index in [1.807, 2.05) is 38.1 Å². The third-order valence-corrected chi connectivity index (χ3v) is 3.62. The highest BCUT2D eigenvalue weighted by atomic mass is 35.5. The fourth-order valence-electron chi connectivity index (χ4n) is 1.70. The molecule has 4 N–H and O–H groups in total. The van der Waals surface area contributed by atoms with Gasteiger partial charge in [-0.2, -0.15) is 10.1 Å². The zero-order chi connectivity index (χ0) is 14.8. The number of guanidine groups is 2. The van der Waals surface area contributed by atoms with Crippen molar-refractivity contribution in [1.29, 1.82) is 0 Å². The van der Waals surface area contributed by atoms with Gasteiger partial charge < -0.3 is 11.5 Å². The van der Waals surface area contributed by atoms with E-state index in [0.29, 0.717) is 11.0 Å². The molecule has 0 saturated heterocycles. The van der Waals surface area contributed by atoms with Gasteiger partial charge in [-0.05, 0) is 38.1 Å². The Morgan fingerprint density at radius 1 is 1.30 bits per heavy atom. The van der Waals surface area contributed by atoms with Crippen LogP contribution in [-0.2, 0) is 4.84 Å². The van der Waals surface area contributed by atoms with Crippen LogP contribution >= 0.6 is 23.4 Å². The van der Waals surface area contributed by atoms with Crippen molar-refractivity contribution >= 4 is 35.3 Å². The fraction of sp³-hybridized carbons (Fsp3) is 0.333. The number of hydrogen-bond donors (Lipinski definition) is 2. The van der Waals surface area contributed by atoms with Gasteiger partial charge in [0.2, 0.25) is 11.9 Å². The average molecular weight is 314 g/mol. The van der Waals surface area contributed by atoms with E-state index in [2.05, 4.69) is 9.98 Å². The first-order chi connectivity index (χ1) is 9.38. The standard InChI is InChI=1S/C12H16ClN5OS/c1-12(2)17-10(14)16-11(15)18(12)19-7-20-9-5-3-8(13)4-6-9/h3-6H,7H2,1-2H3,(H4,14,15,16,17). The lowest BCUT2D eigenvalue weighted by Crippen LogP contribution is -2.53. The van der Waals surface area contributed by atoms with Crippen LogP contribution < -0.4 is 11.5 Å². The molecule has 1 heterocycles. The Balaban J connectivity index is 1.94. The van der Waals surface area contributed by atoms with Gasteiger partial charge in [0.15, 0.2) is 5.66 Å². The van der Waals surface area contributed by atoms with Crippen molar-refractivity contribution < 1.29 is 4.84 Å². The lowest BCUT2D eigenvalue weighted by Gasteiger charge is -2.36. The molecule has 0 aliphatic carbocycles. The number of aliphatic imine (C=N–C) groups is 2. The summed E-state index contributed by atoms with van der Waals surface area (Å²) in [5.41, 5.74) is 10.7. The largest absolute Gasteiger partial charge is 0.368 e. The Bertz CT molecular complexity index is 543. The molecule has 1 aliphatic heterocycles. The van der Waals surface area contributed by atoms with Crippen LogP contribution in [0.3, 0.4) is 0 Å². The lowest BCUT2D eigenvalue weighted by atomic mass is 10.2. The van der Waals surface area contributed by atoms with E-state index < -0.39 is 5.66 Å². The third kappa shape index (κ3) is 3.56. The van der Waals surface area contributed by atoms with E-state index in [-0.39, 0.29) is 11.9 Å². The molecule has 0 unspecified atom stereocenters. The molecule has 8 heteroatoms.